The Morgan fingerprint density at radius 1 is 1.06 bits per heavy atom. The van der Waals surface area contributed by atoms with Crippen LogP contribution in [0, 0.1) is 0 Å². The van der Waals surface area contributed by atoms with E-state index in [1.807, 2.05) is 50.4 Å². The Bertz CT molecular complexity index is 1160. The Labute approximate surface area is 200 Å². The van der Waals surface area contributed by atoms with Gasteiger partial charge in [0.2, 0.25) is 15.9 Å². The van der Waals surface area contributed by atoms with Crippen LogP contribution in [0.5, 0.6) is 0 Å². The maximum absolute atomic E-state index is 12.9. The van der Waals surface area contributed by atoms with Crippen molar-refractivity contribution >= 4 is 37.5 Å². The van der Waals surface area contributed by atoms with E-state index in [0.717, 1.165) is 46.5 Å². The van der Waals surface area contributed by atoms with E-state index in [4.69, 9.17) is 0 Å². The van der Waals surface area contributed by atoms with Gasteiger partial charge >= 0.3 is 0 Å². The first-order valence-corrected chi connectivity index (χ1v) is 13.8. The lowest BCUT2D eigenvalue weighted by Crippen LogP contribution is -2.31. The van der Waals surface area contributed by atoms with Gasteiger partial charge in [-0.05, 0) is 56.0 Å². The second-order valence-corrected chi connectivity index (χ2v) is 11.7. The van der Waals surface area contributed by atoms with Gasteiger partial charge < -0.3 is 4.90 Å². The van der Waals surface area contributed by atoms with E-state index in [1.165, 1.54) is 0 Å². The first-order chi connectivity index (χ1) is 15.9. The fraction of sp³-hybridized carbons (Fsp3) is 0.440. The number of aromatic nitrogens is 1. The Morgan fingerprint density at radius 2 is 1.73 bits per heavy atom. The first kappa shape index (κ1) is 23.9. The Kier molecular flexibility index (Phi) is 7.46. The highest BCUT2D eigenvalue weighted by molar-refractivity contribution is 7.89. The van der Waals surface area contributed by atoms with Crippen LogP contribution in [0.2, 0.25) is 0 Å². The number of para-hydroxylation sites is 1. The molecule has 0 radical (unpaired) electrons. The standard InChI is InChI=1S/C25H31N3O3S2/c1-19(25-26-22-9-5-6-10-23(22)32-25)27(2)24(29)16-13-20-11-14-21(15-12-20)33(30,31)28-17-7-3-4-8-18-28/h5-6,9-12,14-15,19H,3-4,7-8,13,16-18H2,1-2H3/t19-/m1/s1. The predicted molar refractivity (Wildman–Crippen MR) is 133 cm³/mol. The summed E-state index contributed by atoms with van der Waals surface area (Å²) in [6.07, 6.45) is 4.95. The fourth-order valence-electron chi connectivity index (χ4n) is 4.14. The van der Waals surface area contributed by atoms with Gasteiger partial charge in [0.05, 0.1) is 21.2 Å². The lowest BCUT2D eigenvalue weighted by atomic mass is 10.1. The molecular formula is C25H31N3O3S2. The third-order valence-electron chi connectivity index (χ3n) is 6.40. The van der Waals surface area contributed by atoms with Crippen molar-refractivity contribution in [2.45, 2.75) is 56.4 Å². The lowest BCUT2D eigenvalue weighted by Gasteiger charge is -2.23. The van der Waals surface area contributed by atoms with Crippen LogP contribution in [-0.4, -0.2) is 48.7 Å². The summed E-state index contributed by atoms with van der Waals surface area (Å²) < 4.78 is 28.6. The molecule has 176 valence electrons. The molecule has 0 bridgehead atoms. The second kappa shape index (κ2) is 10.3. The normalized spacial score (nSPS) is 16.4. The molecule has 1 fully saturated rings. The van der Waals surface area contributed by atoms with E-state index < -0.39 is 10.0 Å². The molecular weight excluding hydrogens is 454 g/mol. The van der Waals surface area contributed by atoms with Crippen molar-refractivity contribution in [3.05, 3.63) is 59.1 Å². The highest BCUT2D eigenvalue weighted by atomic mass is 32.2. The third kappa shape index (κ3) is 5.45. The largest absolute Gasteiger partial charge is 0.337 e. The molecule has 1 aliphatic rings. The van der Waals surface area contributed by atoms with Crippen LogP contribution in [0.4, 0.5) is 0 Å². The number of benzene rings is 2. The van der Waals surface area contributed by atoms with Crippen molar-refractivity contribution in [1.82, 2.24) is 14.2 Å². The number of thiazole rings is 1. The van der Waals surface area contributed by atoms with Crippen molar-refractivity contribution in [3.8, 4) is 0 Å². The molecule has 6 nitrogen and oxygen atoms in total. The summed E-state index contributed by atoms with van der Waals surface area (Å²) in [7, 11) is -1.63. The lowest BCUT2D eigenvalue weighted by molar-refractivity contribution is -0.131. The van der Waals surface area contributed by atoms with E-state index >= 15 is 0 Å². The van der Waals surface area contributed by atoms with E-state index in [-0.39, 0.29) is 11.9 Å². The van der Waals surface area contributed by atoms with Crippen LogP contribution in [0.1, 0.15) is 55.6 Å². The molecule has 2 aromatic carbocycles. The summed E-state index contributed by atoms with van der Waals surface area (Å²) in [5.74, 6) is 0.0445. The SMILES string of the molecule is C[C@H](c1nc2ccccc2s1)N(C)C(=O)CCc1ccc(S(=O)(=O)N2CCCCCC2)cc1. The summed E-state index contributed by atoms with van der Waals surface area (Å²) in [6.45, 7) is 3.19. The minimum absolute atomic E-state index is 0.0445. The van der Waals surface area contributed by atoms with Crippen molar-refractivity contribution < 1.29 is 13.2 Å². The molecule has 4 rings (SSSR count). The maximum Gasteiger partial charge on any atom is 0.243 e. The molecule has 3 aromatic rings. The number of hydrogen-bond acceptors (Lipinski definition) is 5. The van der Waals surface area contributed by atoms with Gasteiger partial charge in [0.25, 0.3) is 0 Å². The first-order valence-electron chi connectivity index (χ1n) is 11.6. The van der Waals surface area contributed by atoms with E-state index in [0.29, 0.717) is 30.8 Å². The molecule has 33 heavy (non-hydrogen) atoms. The average Bonchev–Trinajstić information content (AvgIpc) is 3.06. The quantitative estimate of drug-likeness (QED) is 0.471. The van der Waals surface area contributed by atoms with Crippen LogP contribution in [0.25, 0.3) is 10.2 Å². The number of carbonyl (C=O) groups excluding carboxylic acids is 1. The molecule has 1 amide bonds. The number of fused-ring (bicyclic) bond motifs is 1. The number of carbonyl (C=O) groups is 1. The maximum atomic E-state index is 12.9. The smallest absolute Gasteiger partial charge is 0.243 e. The minimum Gasteiger partial charge on any atom is -0.337 e. The molecule has 0 unspecified atom stereocenters. The molecule has 0 saturated carbocycles. The van der Waals surface area contributed by atoms with Gasteiger partial charge in [-0.25, -0.2) is 13.4 Å². The number of rotatable bonds is 7. The zero-order valence-electron chi connectivity index (χ0n) is 19.2. The van der Waals surface area contributed by atoms with Crippen LogP contribution in [0.3, 0.4) is 0 Å². The molecule has 1 atom stereocenters. The van der Waals surface area contributed by atoms with Gasteiger partial charge in [0.1, 0.15) is 5.01 Å². The molecule has 0 spiro atoms. The molecule has 0 N–H and O–H groups in total. The molecule has 8 heteroatoms. The summed E-state index contributed by atoms with van der Waals surface area (Å²) in [6, 6.07) is 14.9. The number of sulfonamides is 1. The van der Waals surface area contributed by atoms with Crippen LogP contribution in [0.15, 0.2) is 53.4 Å². The highest BCUT2D eigenvalue weighted by Gasteiger charge is 2.25. The summed E-state index contributed by atoms with van der Waals surface area (Å²) in [5, 5.41) is 0.926. The zero-order chi connectivity index (χ0) is 23.4. The minimum atomic E-state index is -3.45. The number of amides is 1. The van der Waals surface area contributed by atoms with E-state index in [9.17, 15) is 13.2 Å². The van der Waals surface area contributed by atoms with Gasteiger partial charge in [0.15, 0.2) is 0 Å². The number of nitrogens with zero attached hydrogens (tertiary/aromatic N) is 3. The van der Waals surface area contributed by atoms with Crippen LogP contribution < -0.4 is 0 Å². The monoisotopic (exact) mass is 485 g/mol. The Hall–Kier alpha value is -2.29. The molecule has 0 aliphatic carbocycles. The van der Waals surface area contributed by atoms with E-state index in [1.54, 1.807) is 32.7 Å². The summed E-state index contributed by atoms with van der Waals surface area (Å²) >= 11 is 1.62. The third-order valence-corrected chi connectivity index (χ3v) is 9.52. The molecule has 1 aliphatic heterocycles. The molecule has 1 aromatic heterocycles. The van der Waals surface area contributed by atoms with Gasteiger partial charge in [-0.3, -0.25) is 4.79 Å². The number of hydrogen-bond donors (Lipinski definition) is 0. The summed E-state index contributed by atoms with van der Waals surface area (Å²) in [4.78, 5) is 19.6. The zero-order valence-corrected chi connectivity index (χ0v) is 20.9. The Balaban J connectivity index is 1.35. The fourth-order valence-corrected chi connectivity index (χ4v) is 6.72. The van der Waals surface area contributed by atoms with Crippen molar-refractivity contribution in [3.63, 3.8) is 0 Å². The number of aryl methyl sites for hydroxylation is 1. The predicted octanol–water partition coefficient (Wildman–Crippen LogP) is 5.01. The Morgan fingerprint density at radius 3 is 2.39 bits per heavy atom. The molecule has 2 heterocycles. The topological polar surface area (TPSA) is 70.6 Å². The second-order valence-electron chi connectivity index (χ2n) is 8.66. The van der Waals surface area contributed by atoms with Crippen molar-refractivity contribution in [2.24, 2.45) is 0 Å². The van der Waals surface area contributed by atoms with Gasteiger partial charge in [-0.1, -0.05) is 37.1 Å². The van der Waals surface area contributed by atoms with Gasteiger partial charge in [0, 0.05) is 26.6 Å². The highest BCUT2D eigenvalue weighted by Crippen LogP contribution is 2.29. The van der Waals surface area contributed by atoms with Crippen LogP contribution in [-0.2, 0) is 21.2 Å². The van der Waals surface area contributed by atoms with Crippen molar-refractivity contribution in [1.29, 1.82) is 0 Å². The summed E-state index contributed by atoms with van der Waals surface area (Å²) in [5.41, 5.74) is 1.92. The molecule has 1 saturated heterocycles. The van der Waals surface area contributed by atoms with E-state index in [2.05, 4.69) is 4.98 Å². The van der Waals surface area contributed by atoms with Gasteiger partial charge in [-0.15, -0.1) is 11.3 Å². The van der Waals surface area contributed by atoms with Gasteiger partial charge in [-0.2, -0.15) is 4.31 Å². The average molecular weight is 486 g/mol. The van der Waals surface area contributed by atoms with Crippen molar-refractivity contribution in [2.75, 3.05) is 20.1 Å². The van der Waals surface area contributed by atoms with Crippen LogP contribution >= 0.6 is 11.3 Å².